The summed E-state index contributed by atoms with van der Waals surface area (Å²) in [5, 5.41) is 0. The Bertz CT molecular complexity index is 746. The standard InChI is InChI=1S/C11H16N4O2S2/c1-8-6-9-10(12-7-8)15(11(18)14-9)5-3-4-13-19(2,16)17/h6-7,13H,3-5H2,1-2H3,(H,14,18). The highest BCUT2D eigenvalue weighted by Crippen LogP contribution is 2.13. The maximum absolute atomic E-state index is 11.0. The summed E-state index contributed by atoms with van der Waals surface area (Å²) in [5.74, 6) is 0. The van der Waals surface area contributed by atoms with Crippen molar-refractivity contribution in [1.29, 1.82) is 0 Å². The lowest BCUT2D eigenvalue weighted by Crippen LogP contribution is -2.23. The molecule has 0 spiro atoms. The number of aromatic amines is 1. The monoisotopic (exact) mass is 300 g/mol. The van der Waals surface area contributed by atoms with E-state index in [2.05, 4.69) is 14.7 Å². The molecular formula is C11H16N4O2S2. The number of hydrogen-bond acceptors (Lipinski definition) is 4. The van der Waals surface area contributed by atoms with Gasteiger partial charge in [-0.05, 0) is 37.2 Å². The van der Waals surface area contributed by atoms with Gasteiger partial charge in [0.1, 0.15) is 0 Å². The molecule has 0 unspecified atom stereocenters. The first kappa shape index (κ1) is 14.2. The van der Waals surface area contributed by atoms with Crippen LogP contribution in [-0.2, 0) is 16.6 Å². The average Bonchev–Trinajstić information content (AvgIpc) is 2.58. The molecule has 0 fully saturated rings. The van der Waals surface area contributed by atoms with Gasteiger partial charge >= 0.3 is 0 Å². The molecule has 0 saturated carbocycles. The third kappa shape index (κ3) is 3.62. The molecule has 0 atom stereocenters. The maximum Gasteiger partial charge on any atom is 0.208 e. The third-order valence-corrected chi connectivity index (χ3v) is 3.72. The van der Waals surface area contributed by atoms with Crippen molar-refractivity contribution in [2.75, 3.05) is 12.8 Å². The van der Waals surface area contributed by atoms with Crippen LogP contribution >= 0.6 is 12.2 Å². The Morgan fingerprint density at radius 3 is 2.95 bits per heavy atom. The van der Waals surface area contributed by atoms with Gasteiger partial charge in [-0.15, -0.1) is 0 Å². The van der Waals surface area contributed by atoms with Gasteiger partial charge in [-0.1, -0.05) is 0 Å². The van der Waals surface area contributed by atoms with Gasteiger partial charge in [0.25, 0.3) is 0 Å². The Morgan fingerprint density at radius 1 is 1.53 bits per heavy atom. The van der Waals surface area contributed by atoms with E-state index in [1.54, 1.807) is 6.20 Å². The second-order valence-electron chi connectivity index (χ2n) is 4.49. The van der Waals surface area contributed by atoms with Crippen molar-refractivity contribution in [2.24, 2.45) is 0 Å². The van der Waals surface area contributed by atoms with E-state index >= 15 is 0 Å². The van der Waals surface area contributed by atoms with E-state index < -0.39 is 10.0 Å². The number of hydrogen-bond donors (Lipinski definition) is 2. The van der Waals surface area contributed by atoms with E-state index in [0.717, 1.165) is 23.0 Å². The minimum Gasteiger partial charge on any atom is -0.329 e. The average molecular weight is 300 g/mol. The fraction of sp³-hybridized carbons (Fsp3) is 0.455. The van der Waals surface area contributed by atoms with Crippen LogP contribution in [0.25, 0.3) is 11.2 Å². The van der Waals surface area contributed by atoms with Crippen LogP contribution in [0.4, 0.5) is 0 Å². The van der Waals surface area contributed by atoms with E-state index in [1.807, 2.05) is 17.6 Å². The highest BCUT2D eigenvalue weighted by atomic mass is 32.2. The topological polar surface area (TPSA) is 79.8 Å². The first-order chi connectivity index (χ1) is 8.87. The largest absolute Gasteiger partial charge is 0.329 e. The quantitative estimate of drug-likeness (QED) is 0.645. The molecule has 0 aliphatic heterocycles. The molecule has 0 radical (unpaired) electrons. The van der Waals surface area contributed by atoms with Crippen LogP contribution in [-0.4, -0.2) is 35.8 Å². The number of imidazole rings is 1. The summed E-state index contributed by atoms with van der Waals surface area (Å²) in [5.41, 5.74) is 2.77. The molecule has 2 N–H and O–H groups in total. The number of sulfonamides is 1. The normalized spacial score (nSPS) is 12.1. The van der Waals surface area contributed by atoms with Crippen molar-refractivity contribution in [2.45, 2.75) is 19.9 Å². The Hall–Kier alpha value is -1.25. The fourth-order valence-electron chi connectivity index (χ4n) is 1.85. The molecule has 2 aromatic rings. The van der Waals surface area contributed by atoms with Crippen LogP contribution in [0.2, 0.25) is 0 Å². The summed E-state index contributed by atoms with van der Waals surface area (Å²) in [6.45, 7) is 2.98. The number of pyridine rings is 1. The summed E-state index contributed by atoms with van der Waals surface area (Å²) < 4.78 is 26.8. The number of H-pyrrole nitrogens is 1. The minimum atomic E-state index is -3.13. The predicted molar refractivity (Wildman–Crippen MR) is 77.1 cm³/mol. The van der Waals surface area contributed by atoms with Gasteiger partial charge < -0.3 is 9.55 Å². The lowest BCUT2D eigenvalue weighted by atomic mass is 10.3. The van der Waals surface area contributed by atoms with E-state index in [9.17, 15) is 8.42 Å². The second kappa shape index (κ2) is 5.40. The number of nitrogens with zero attached hydrogens (tertiary/aromatic N) is 2. The molecule has 0 aromatic carbocycles. The van der Waals surface area contributed by atoms with Crippen LogP contribution in [0.3, 0.4) is 0 Å². The van der Waals surface area contributed by atoms with Crippen LogP contribution in [0.15, 0.2) is 12.3 Å². The van der Waals surface area contributed by atoms with E-state index in [-0.39, 0.29) is 0 Å². The zero-order chi connectivity index (χ0) is 14.0. The SMILES string of the molecule is Cc1cnc2c(c1)[nH]c(=S)n2CCCNS(C)(=O)=O. The molecular weight excluding hydrogens is 284 g/mol. The Kier molecular flexibility index (Phi) is 4.02. The number of aryl methyl sites for hydroxylation is 2. The molecule has 0 bridgehead atoms. The van der Waals surface area contributed by atoms with Gasteiger partial charge in [-0.3, -0.25) is 0 Å². The minimum absolute atomic E-state index is 0.388. The van der Waals surface area contributed by atoms with Crippen molar-refractivity contribution >= 4 is 33.4 Å². The predicted octanol–water partition coefficient (Wildman–Crippen LogP) is 1.34. The first-order valence-corrected chi connectivity index (χ1v) is 8.16. The molecule has 6 nitrogen and oxygen atoms in total. The maximum atomic E-state index is 11.0. The molecule has 0 amide bonds. The van der Waals surface area contributed by atoms with Crippen LogP contribution in [0.5, 0.6) is 0 Å². The van der Waals surface area contributed by atoms with Crippen LogP contribution in [0.1, 0.15) is 12.0 Å². The van der Waals surface area contributed by atoms with Gasteiger partial charge in [-0.25, -0.2) is 18.1 Å². The summed E-state index contributed by atoms with van der Waals surface area (Å²) >= 11 is 5.25. The number of fused-ring (bicyclic) bond motifs is 1. The van der Waals surface area contributed by atoms with Crippen LogP contribution < -0.4 is 4.72 Å². The third-order valence-electron chi connectivity index (χ3n) is 2.67. The first-order valence-electron chi connectivity index (χ1n) is 5.86. The van der Waals surface area contributed by atoms with E-state index in [0.29, 0.717) is 24.3 Å². The Labute approximate surface area is 116 Å². The lowest BCUT2D eigenvalue weighted by molar-refractivity contribution is 0.576. The van der Waals surface area contributed by atoms with Crippen molar-refractivity contribution in [3.8, 4) is 0 Å². The Morgan fingerprint density at radius 2 is 2.26 bits per heavy atom. The van der Waals surface area contributed by atoms with Crippen LogP contribution in [0, 0.1) is 11.7 Å². The van der Waals surface area contributed by atoms with Crippen molar-refractivity contribution < 1.29 is 8.42 Å². The van der Waals surface area contributed by atoms with Gasteiger partial charge in [-0.2, -0.15) is 0 Å². The number of rotatable bonds is 5. The fourth-order valence-corrected chi connectivity index (χ4v) is 2.65. The van der Waals surface area contributed by atoms with E-state index in [1.165, 1.54) is 0 Å². The zero-order valence-corrected chi connectivity index (χ0v) is 12.4. The molecule has 8 heteroatoms. The summed E-state index contributed by atoms with van der Waals surface area (Å²) in [6.07, 6.45) is 3.59. The highest BCUT2D eigenvalue weighted by Gasteiger charge is 2.06. The summed E-state index contributed by atoms with van der Waals surface area (Å²) in [7, 11) is -3.13. The van der Waals surface area contributed by atoms with Crippen molar-refractivity contribution in [3.63, 3.8) is 0 Å². The summed E-state index contributed by atoms with van der Waals surface area (Å²) in [6, 6.07) is 1.99. The molecule has 0 aliphatic rings. The zero-order valence-electron chi connectivity index (χ0n) is 10.8. The molecule has 19 heavy (non-hydrogen) atoms. The molecule has 0 saturated heterocycles. The molecule has 2 aromatic heterocycles. The second-order valence-corrected chi connectivity index (χ2v) is 6.71. The smallest absolute Gasteiger partial charge is 0.208 e. The highest BCUT2D eigenvalue weighted by molar-refractivity contribution is 7.88. The molecule has 2 rings (SSSR count). The number of nitrogens with one attached hydrogen (secondary N) is 2. The van der Waals surface area contributed by atoms with Gasteiger partial charge in [0.2, 0.25) is 10.0 Å². The molecule has 2 heterocycles. The number of aromatic nitrogens is 3. The van der Waals surface area contributed by atoms with E-state index in [4.69, 9.17) is 12.2 Å². The molecule has 104 valence electrons. The lowest BCUT2D eigenvalue weighted by Gasteiger charge is -2.04. The van der Waals surface area contributed by atoms with Gasteiger partial charge in [0, 0.05) is 19.3 Å². The molecule has 0 aliphatic carbocycles. The van der Waals surface area contributed by atoms with Crippen molar-refractivity contribution in [1.82, 2.24) is 19.3 Å². The van der Waals surface area contributed by atoms with Gasteiger partial charge in [0.05, 0.1) is 11.8 Å². The summed E-state index contributed by atoms with van der Waals surface area (Å²) in [4.78, 5) is 7.46. The van der Waals surface area contributed by atoms with Gasteiger partial charge in [0.15, 0.2) is 10.4 Å². The Balaban J connectivity index is 2.13. The van der Waals surface area contributed by atoms with Crippen molar-refractivity contribution in [3.05, 3.63) is 22.6 Å².